The summed E-state index contributed by atoms with van der Waals surface area (Å²) in [5.41, 5.74) is 6.72. The average Bonchev–Trinajstić information content (AvgIpc) is 3.43. The van der Waals surface area contributed by atoms with Crippen LogP contribution < -0.4 is 10.1 Å². The number of aromatic amines is 1. The number of ether oxygens (including phenoxy) is 1. The Bertz CT molecular complexity index is 1080. The molecule has 154 valence electrons. The van der Waals surface area contributed by atoms with E-state index in [9.17, 15) is 4.79 Å². The summed E-state index contributed by atoms with van der Waals surface area (Å²) in [7, 11) is 1.67. The number of aryl methyl sites for hydroxylation is 1. The van der Waals surface area contributed by atoms with Crippen LogP contribution in [0.15, 0.2) is 42.5 Å². The van der Waals surface area contributed by atoms with Crippen molar-refractivity contribution in [3.63, 3.8) is 0 Å². The smallest absolute Gasteiger partial charge is 0.273 e. The second-order valence-corrected chi connectivity index (χ2v) is 8.09. The molecule has 2 heterocycles. The maximum Gasteiger partial charge on any atom is 0.273 e. The van der Waals surface area contributed by atoms with Crippen LogP contribution in [-0.2, 0) is 19.4 Å². The minimum absolute atomic E-state index is 0.140. The van der Waals surface area contributed by atoms with Crippen molar-refractivity contribution in [1.29, 1.82) is 0 Å². The van der Waals surface area contributed by atoms with Gasteiger partial charge in [0, 0.05) is 23.4 Å². The fraction of sp³-hybridized carbons (Fsp3) is 0.333. The number of nitrogens with one attached hydrogen (secondary N) is 2. The minimum Gasteiger partial charge on any atom is -0.497 e. The number of methoxy groups -OCH3 is 1. The lowest BCUT2D eigenvalue weighted by Gasteiger charge is -2.17. The van der Waals surface area contributed by atoms with Crippen LogP contribution in [0.1, 0.15) is 40.0 Å². The largest absolute Gasteiger partial charge is 0.497 e. The number of nitrogens with zero attached hydrogens (tertiary/aromatic N) is 2. The molecule has 0 bridgehead atoms. The molecule has 2 aromatic carbocycles. The van der Waals surface area contributed by atoms with Crippen molar-refractivity contribution >= 4 is 11.6 Å². The minimum atomic E-state index is -0.140. The third-order valence-corrected chi connectivity index (χ3v) is 6.10. The normalized spacial score (nSPS) is 15.5. The Kier molecular flexibility index (Phi) is 5.01. The molecule has 1 amide bonds. The zero-order chi connectivity index (χ0) is 20.5. The van der Waals surface area contributed by atoms with Crippen LogP contribution in [0.5, 0.6) is 5.75 Å². The van der Waals surface area contributed by atoms with Gasteiger partial charge in [0.15, 0.2) is 0 Å². The van der Waals surface area contributed by atoms with E-state index in [1.807, 2.05) is 24.3 Å². The Morgan fingerprint density at radius 3 is 2.87 bits per heavy atom. The molecule has 2 aliphatic rings. The average molecular weight is 402 g/mol. The first-order valence-corrected chi connectivity index (χ1v) is 10.6. The van der Waals surface area contributed by atoms with Gasteiger partial charge < -0.3 is 10.1 Å². The van der Waals surface area contributed by atoms with Crippen molar-refractivity contribution in [2.24, 2.45) is 0 Å². The maximum absolute atomic E-state index is 13.0. The molecular weight excluding hydrogens is 376 g/mol. The highest BCUT2D eigenvalue weighted by Gasteiger charge is 2.25. The van der Waals surface area contributed by atoms with Gasteiger partial charge in [0.05, 0.1) is 12.8 Å². The van der Waals surface area contributed by atoms with Gasteiger partial charge in [0.1, 0.15) is 11.4 Å². The first kappa shape index (κ1) is 18.9. The zero-order valence-electron chi connectivity index (χ0n) is 17.2. The maximum atomic E-state index is 13.0. The molecule has 0 unspecified atom stereocenters. The van der Waals surface area contributed by atoms with Gasteiger partial charge in [-0.15, -0.1) is 0 Å². The van der Waals surface area contributed by atoms with Gasteiger partial charge in [-0.2, -0.15) is 5.10 Å². The van der Waals surface area contributed by atoms with Gasteiger partial charge >= 0.3 is 0 Å². The summed E-state index contributed by atoms with van der Waals surface area (Å²) in [6, 6.07) is 14.2. The molecule has 1 aliphatic heterocycles. The summed E-state index contributed by atoms with van der Waals surface area (Å²) < 4.78 is 5.33. The fourth-order valence-corrected chi connectivity index (χ4v) is 4.55. The van der Waals surface area contributed by atoms with E-state index < -0.39 is 0 Å². The van der Waals surface area contributed by atoms with Crippen molar-refractivity contribution in [1.82, 2.24) is 15.1 Å². The SMILES string of the molecule is COc1ccc2c(c1)CCc1c-2n[nH]c1C(=O)Nc1cccc(CN2CCCC2)c1. The quantitative estimate of drug-likeness (QED) is 0.676. The Morgan fingerprint density at radius 1 is 1.17 bits per heavy atom. The van der Waals surface area contributed by atoms with Gasteiger partial charge in [-0.1, -0.05) is 12.1 Å². The Balaban J connectivity index is 1.35. The number of rotatable bonds is 5. The lowest BCUT2D eigenvalue weighted by molar-refractivity contribution is 0.102. The highest BCUT2D eigenvalue weighted by molar-refractivity contribution is 6.05. The topological polar surface area (TPSA) is 70.2 Å². The van der Waals surface area contributed by atoms with Crippen molar-refractivity contribution in [2.75, 3.05) is 25.5 Å². The van der Waals surface area contributed by atoms with Gasteiger partial charge in [-0.25, -0.2) is 0 Å². The lowest BCUT2D eigenvalue weighted by atomic mass is 9.89. The molecule has 1 aliphatic carbocycles. The van der Waals surface area contributed by atoms with Crippen molar-refractivity contribution in [3.8, 4) is 17.0 Å². The number of anilines is 1. The molecule has 6 nitrogen and oxygen atoms in total. The van der Waals surface area contributed by atoms with Gasteiger partial charge in [-0.05, 0) is 80.2 Å². The number of hydrogen-bond donors (Lipinski definition) is 2. The Morgan fingerprint density at radius 2 is 2.03 bits per heavy atom. The number of carbonyl (C=O) groups is 1. The molecule has 0 radical (unpaired) electrons. The van der Waals surface area contributed by atoms with Crippen LogP contribution >= 0.6 is 0 Å². The van der Waals surface area contributed by atoms with E-state index in [-0.39, 0.29) is 5.91 Å². The van der Waals surface area contributed by atoms with E-state index >= 15 is 0 Å². The van der Waals surface area contributed by atoms with Crippen LogP contribution in [0.2, 0.25) is 0 Å². The van der Waals surface area contributed by atoms with Crippen LogP contribution in [0.25, 0.3) is 11.3 Å². The van der Waals surface area contributed by atoms with Gasteiger partial charge in [-0.3, -0.25) is 14.8 Å². The number of H-pyrrole nitrogens is 1. The van der Waals surface area contributed by atoms with Gasteiger partial charge in [0.25, 0.3) is 5.91 Å². The third kappa shape index (κ3) is 3.59. The number of benzene rings is 2. The van der Waals surface area contributed by atoms with E-state index in [0.717, 1.165) is 60.7 Å². The number of fused-ring (bicyclic) bond motifs is 3. The molecule has 6 heteroatoms. The summed E-state index contributed by atoms with van der Waals surface area (Å²) in [6.07, 6.45) is 4.20. The molecule has 30 heavy (non-hydrogen) atoms. The third-order valence-electron chi connectivity index (χ3n) is 6.10. The first-order chi connectivity index (χ1) is 14.7. The summed E-state index contributed by atoms with van der Waals surface area (Å²) >= 11 is 0. The molecule has 2 N–H and O–H groups in total. The molecule has 0 spiro atoms. The van der Waals surface area contributed by atoms with E-state index in [1.165, 1.54) is 24.0 Å². The first-order valence-electron chi connectivity index (χ1n) is 10.6. The van der Waals surface area contributed by atoms with Crippen LogP contribution in [0.4, 0.5) is 5.69 Å². The molecule has 1 aromatic heterocycles. The summed E-state index contributed by atoms with van der Waals surface area (Å²) in [6.45, 7) is 3.25. The van der Waals surface area contributed by atoms with E-state index in [4.69, 9.17) is 4.74 Å². The molecule has 1 saturated heterocycles. The van der Waals surface area contributed by atoms with E-state index in [0.29, 0.717) is 5.69 Å². The summed E-state index contributed by atoms with van der Waals surface area (Å²) in [5, 5.41) is 10.5. The number of carbonyl (C=O) groups excluding carboxylic acids is 1. The Hall–Kier alpha value is -3.12. The van der Waals surface area contributed by atoms with Crippen LogP contribution in [0.3, 0.4) is 0 Å². The second-order valence-electron chi connectivity index (χ2n) is 8.09. The zero-order valence-corrected chi connectivity index (χ0v) is 17.2. The molecular formula is C24H26N4O2. The highest BCUT2D eigenvalue weighted by Crippen LogP contribution is 2.35. The van der Waals surface area contributed by atoms with Crippen LogP contribution in [0, 0.1) is 0 Å². The highest BCUT2D eigenvalue weighted by atomic mass is 16.5. The summed E-state index contributed by atoms with van der Waals surface area (Å²) in [4.78, 5) is 15.5. The predicted octanol–water partition coefficient (Wildman–Crippen LogP) is 4.03. The number of aromatic nitrogens is 2. The number of likely N-dealkylation sites (tertiary alicyclic amines) is 1. The molecule has 3 aromatic rings. The fourth-order valence-electron chi connectivity index (χ4n) is 4.55. The van der Waals surface area contributed by atoms with Crippen molar-refractivity contribution in [3.05, 3.63) is 64.8 Å². The monoisotopic (exact) mass is 402 g/mol. The standard InChI is InChI=1S/C24H26N4O2/c1-30-19-8-10-20-17(14-19)7-9-21-22(20)26-27-23(21)24(29)25-18-6-4-5-16(13-18)15-28-11-2-3-12-28/h4-6,8,10,13-14H,2-3,7,9,11-12,15H2,1H3,(H,25,29)(H,26,27). The van der Waals surface area contributed by atoms with E-state index in [2.05, 4.69) is 38.6 Å². The van der Waals surface area contributed by atoms with E-state index in [1.54, 1.807) is 7.11 Å². The van der Waals surface area contributed by atoms with Crippen molar-refractivity contribution < 1.29 is 9.53 Å². The van der Waals surface area contributed by atoms with Crippen molar-refractivity contribution in [2.45, 2.75) is 32.2 Å². The molecule has 0 atom stereocenters. The summed E-state index contributed by atoms with van der Waals surface area (Å²) in [5.74, 6) is 0.707. The predicted molar refractivity (Wildman–Crippen MR) is 117 cm³/mol. The lowest BCUT2D eigenvalue weighted by Crippen LogP contribution is -2.19. The number of amides is 1. The number of hydrogen-bond acceptors (Lipinski definition) is 4. The molecule has 5 rings (SSSR count). The second kappa shape index (κ2) is 7.95. The molecule has 1 fully saturated rings. The molecule has 0 saturated carbocycles. The van der Waals surface area contributed by atoms with Crippen LogP contribution in [-0.4, -0.2) is 41.2 Å². The van der Waals surface area contributed by atoms with Gasteiger partial charge in [0.2, 0.25) is 0 Å². The Labute approximate surface area is 176 Å².